The molecule has 0 spiro atoms. The smallest absolute Gasteiger partial charge is 0.387 e. The predicted molar refractivity (Wildman–Crippen MR) is 115 cm³/mol. The van der Waals surface area contributed by atoms with Crippen molar-refractivity contribution in [3.8, 4) is 5.75 Å². The molecule has 0 heterocycles. The Morgan fingerprint density at radius 2 is 1.56 bits per heavy atom. The highest BCUT2D eigenvalue weighted by atomic mass is 19.3. The van der Waals surface area contributed by atoms with Gasteiger partial charge >= 0.3 is 6.61 Å². The molecule has 0 unspecified atom stereocenters. The Bertz CT molecular complexity index is 1060. The summed E-state index contributed by atoms with van der Waals surface area (Å²) in [7, 11) is 0. The van der Waals surface area contributed by atoms with E-state index in [1.54, 1.807) is 24.3 Å². The molecular formula is C24H21F3N2O3. The number of nitrogens with one attached hydrogen (secondary N) is 2. The molecule has 3 aromatic rings. The Labute approximate surface area is 183 Å². The zero-order chi connectivity index (χ0) is 22.9. The third kappa shape index (κ3) is 7.16. The number of anilines is 2. The monoisotopic (exact) mass is 442 g/mol. The Balaban J connectivity index is 1.53. The van der Waals surface area contributed by atoms with Crippen LogP contribution in [0.2, 0.25) is 0 Å². The molecule has 0 bridgehead atoms. The van der Waals surface area contributed by atoms with E-state index in [1.165, 1.54) is 24.3 Å². The van der Waals surface area contributed by atoms with Crippen LogP contribution in [0.25, 0.3) is 0 Å². The minimum absolute atomic E-state index is 0.0293. The van der Waals surface area contributed by atoms with Crippen LogP contribution in [0.15, 0.2) is 72.8 Å². The zero-order valence-electron chi connectivity index (χ0n) is 17.0. The van der Waals surface area contributed by atoms with Crippen LogP contribution in [0.5, 0.6) is 5.75 Å². The second-order valence-electron chi connectivity index (χ2n) is 6.98. The molecule has 0 radical (unpaired) electrons. The summed E-state index contributed by atoms with van der Waals surface area (Å²) in [4.78, 5) is 24.4. The van der Waals surface area contributed by atoms with Gasteiger partial charge in [-0.05, 0) is 47.9 Å². The maximum absolute atomic E-state index is 14.1. The Morgan fingerprint density at radius 3 is 2.25 bits per heavy atom. The van der Waals surface area contributed by atoms with Crippen LogP contribution in [0.4, 0.5) is 24.5 Å². The third-order valence-corrected chi connectivity index (χ3v) is 4.52. The van der Waals surface area contributed by atoms with E-state index >= 15 is 0 Å². The summed E-state index contributed by atoms with van der Waals surface area (Å²) in [6, 6.07) is 19.0. The van der Waals surface area contributed by atoms with E-state index in [9.17, 15) is 22.8 Å². The number of hydrogen-bond donors (Lipinski definition) is 2. The first-order valence-corrected chi connectivity index (χ1v) is 9.86. The maximum Gasteiger partial charge on any atom is 0.387 e. The topological polar surface area (TPSA) is 67.4 Å². The Kier molecular flexibility index (Phi) is 7.85. The molecule has 0 saturated heterocycles. The summed E-state index contributed by atoms with van der Waals surface area (Å²) in [6.45, 7) is -2.89. The van der Waals surface area contributed by atoms with Gasteiger partial charge in [0.2, 0.25) is 11.8 Å². The van der Waals surface area contributed by atoms with Crippen LogP contribution in [-0.2, 0) is 22.4 Å². The van der Waals surface area contributed by atoms with Crippen LogP contribution in [-0.4, -0.2) is 18.4 Å². The molecule has 2 N–H and O–H groups in total. The van der Waals surface area contributed by atoms with E-state index in [0.29, 0.717) is 12.1 Å². The number of halogens is 3. The maximum atomic E-state index is 14.1. The van der Waals surface area contributed by atoms with Crippen molar-refractivity contribution in [3.05, 3.63) is 89.7 Å². The molecular weight excluding hydrogens is 421 g/mol. The number of aryl methyl sites for hydroxylation is 1. The molecule has 0 aliphatic carbocycles. The quantitative estimate of drug-likeness (QED) is 0.480. The van der Waals surface area contributed by atoms with Crippen molar-refractivity contribution in [1.29, 1.82) is 0 Å². The molecule has 0 aromatic heterocycles. The minimum Gasteiger partial charge on any atom is -0.435 e. The van der Waals surface area contributed by atoms with Crippen molar-refractivity contribution in [3.63, 3.8) is 0 Å². The number of hydrogen-bond acceptors (Lipinski definition) is 3. The molecule has 3 rings (SSSR count). The molecule has 0 atom stereocenters. The number of benzene rings is 3. The van der Waals surface area contributed by atoms with Crippen molar-refractivity contribution in [1.82, 2.24) is 0 Å². The zero-order valence-corrected chi connectivity index (χ0v) is 17.0. The first-order chi connectivity index (χ1) is 15.4. The van der Waals surface area contributed by atoms with Crippen LogP contribution in [0.3, 0.4) is 0 Å². The molecule has 0 aliphatic heterocycles. The lowest BCUT2D eigenvalue weighted by Crippen LogP contribution is -2.16. The van der Waals surface area contributed by atoms with Crippen molar-refractivity contribution < 1.29 is 27.5 Å². The summed E-state index contributed by atoms with van der Waals surface area (Å²) < 4.78 is 42.7. The molecule has 0 aliphatic rings. The minimum atomic E-state index is -2.89. The van der Waals surface area contributed by atoms with E-state index in [0.717, 1.165) is 17.2 Å². The fourth-order valence-corrected chi connectivity index (χ4v) is 2.99. The van der Waals surface area contributed by atoms with Gasteiger partial charge in [-0.25, -0.2) is 4.39 Å². The third-order valence-electron chi connectivity index (χ3n) is 4.52. The van der Waals surface area contributed by atoms with Crippen LogP contribution in [0, 0.1) is 5.82 Å². The van der Waals surface area contributed by atoms with Gasteiger partial charge in [-0.1, -0.05) is 42.5 Å². The summed E-state index contributed by atoms with van der Waals surface area (Å²) in [5.41, 5.74) is 1.88. The van der Waals surface area contributed by atoms with Gasteiger partial charge in [0, 0.05) is 12.1 Å². The standard InChI is InChI=1S/C24H21F3N2O3/c25-20-12-9-18(15-21(20)29-23(31)14-17-4-2-1-3-5-17)28-22(30)13-8-16-6-10-19(11-7-16)32-24(26)27/h1-7,9-12,15,24H,8,13-14H2,(H,28,30)(H,29,31). The summed E-state index contributed by atoms with van der Waals surface area (Å²) in [5, 5.41) is 5.18. The molecule has 8 heteroatoms. The molecule has 166 valence electrons. The van der Waals surface area contributed by atoms with E-state index in [4.69, 9.17) is 0 Å². The van der Waals surface area contributed by atoms with Gasteiger partial charge in [-0.2, -0.15) is 8.78 Å². The van der Waals surface area contributed by atoms with Gasteiger partial charge in [0.05, 0.1) is 12.1 Å². The van der Waals surface area contributed by atoms with Crippen LogP contribution < -0.4 is 15.4 Å². The van der Waals surface area contributed by atoms with Gasteiger partial charge in [0.25, 0.3) is 0 Å². The molecule has 3 aromatic carbocycles. The lowest BCUT2D eigenvalue weighted by atomic mass is 10.1. The highest BCUT2D eigenvalue weighted by Gasteiger charge is 2.11. The SMILES string of the molecule is O=C(CCc1ccc(OC(F)F)cc1)Nc1ccc(F)c(NC(=O)Cc2ccccc2)c1. The number of carbonyl (C=O) groups is 2. The van der Waals surface area contributed by atoms with Crippen LogP contribution in [0.1, 0.15) is 17.5 Å². The normalized spacial score (nSPS) is 10.6. The number of amides is 2. The van der Waals surface area contributed by atoms with Gasteiger partial charge in [0.15, 0.2) is 0 Å². The first kappa shape index (κ1) is 22.9. The highest BCUT2D eigenvalue weighted by molar-refractivity contribution is 5.95. The molecule has 0 fully saturated rings. The highest BCUT2D eigenvalue weighted by Crippen LogP contribution is 2.21. The van der Waals surface area contributed by atoms with Gasteiger partial charge < -0.3 is 15.4 Å². The lowest BCUT2D eigenvalue weighted by molar-refractivity contribution is -0.116. The Hall–Kier alpha value is -3.81. The second kappa shape index (κ2) is 11.0. The van der Waals surface area contributed by atoms with Crippen LogP contribution >= 0.6 is 0 Å². The number of carbonyl (C=O) groups excluding carboxylic acids is 2. The second-order valence-corrected chi connectivity index (χ2v) is 6.98. The van der Waals surface area contributed by atoms with Crippen molar-refractivity contribution in [2.24, 2.45) is 0 Å². The fraction of sp³-hybridized carbons (Fsp3) is 0.167. The van der Waals surface area contributed by atoms with Crippen molar-refractivity contribution in [2.45, 2.75) is 25.9 Å². The Morgan fingerprint density at radius 1 is 0.844 bits per heavy atom. The molecule has 0 saturated carbocycles. The predicted octanol–water partition coefficient (Wildman–Crippen LogP) is 5.18. The summed E-state index contributed by atoms with van der Waals surface area (Å²) in [6.07, 6.45) is 0.600. The summed E-state index contributed by atoms with van der Waals surface area (Å²) in [5.74, 6) is -1.26. The van der Waals surface area contributed by atoms with E-state index in [-0.39, 0.29) is 36.1 Å². The van der Waals surface area contributed by atoms with E-state index in [1.807, 2.05) is 18.2 Å². The fourth-order valence-electron chi connectivity index (χ4n) is 2.99. The van der Waals surface area contributed by atoms with Gasteiger partial charge in [-0.3, -0.25) is 9.59 Å². The number of alkyl halides is 2. The van der Waals surface area contributed by atoms with Gasteiger partial charge in [0.1, 0.15) is 11.6 Å². The number of rotatable bonds is 9. The van der Waals surface area contributed by atoms with E-state index in [2.05, 4.69) is 15.4 Å². The first-order valence-electron chi connectivity index (χ1n) is 9.86. The van der Waals surface area contributed by atoms with E-state index < -0.39 is 12.4 Å². The summed E-state index contributed by atoms with van der Waals surface area (Å²) >= 11 is 0. The average molecular weight is 442 g/mol. The molecule has 32 heavy (non-hydrogen) atoms. The van der Waals surface area contributed by atoms with Crippen molar-refractivity contribution >= 4 is 23.2 Å². The van der Waals surface area contributed by atoms with Crippen molar-refractivity contribution in [2.75, 3.05) is 10.6 Å². The molecule has 2 amide bonds. The van der Waals surface area contributed by atoms with Gasteiger partial charge in [-0.15, -0.1) is 0 Å². The number of ether oxygens (including phenoxy) is 1. The lowest BCUT2D eigenvalue weighted by Gasteiger charge is -2.10. The largest absolute Gasteiger partial charge is 0.435 e. The molecule has 5 nitrogen and oxygen atoms in total. The average Bonchev–Trinajstić information content (AvgIpc) is 2.76.